The summed E-state index contributed by atoms with van der Waals surface area (Å²) < 4.78 is 6.43. The SMILES string of the molecule is CC(C)Oc1nc(N)nc(Sc2cccc(Br)c2)n1. The zero-order valence-corrected chi connectivity index (χ0v) is 12.9. The van der Waals surface area contributed by atoms with E-state index in [2.05, 4.69) is 30.9 Å². The first-order valence-electron chi connectivity index (χ1n) is 5.64. The van der Waals surface area contributed by atoms with Gasteiger partial charge in [-0.2, -0.15) is 15.0 Å². The van der Waals surface area contributed by atoms with E-state index in [1.165, 1.54) is 11.8 Å². The molecule has 0 aliphatic carbocycles. The maximum atomic E-state index is 5.65. The number of halogens is 1. The molecule has 5 nitrogen and oxygen atoms in total. The summed E-state index contributed by atoms with van der Waals surface area (Å²) in [7, 11) is 0. The van der Waals surface area contributed by atoms with Crippen LogP contribution in [0.2, 0.25) is 0 Å². The molecule has 2 N–H and O–H groups in total. The molecule has 100 valence electrons. The molecular weight excluding hydrogens is 328 g/mol. The van der Waals surface area contributed by atoms with E-state index < -0.39 is 0 Å². The Kier molecular flexibility index (Phi) is 4.60. The van der Waals surface area contributed by atoms with Crippen LogP contribution in [-0.2, 0) is 0 Å². The molecule has 1 aromatic heterocycles. The van der Waals surface area contributed by atoms with Crippen LogP contribution in [0.5, 0.6) is 6.01 Å². The molecule has 0 saturated carbocycles. The number of ether oxygens (including phenoxy) is 1. The Morgan fingerprint density at radius 3 is 2.74 bits per heavy atom. The fraction of sp³-hybridized carbons (Fsp3) is 0.250. The summed E-state index contributed by atoms with van der Waals surface area (Å²) in [6, 6.07) is 8.10. The van der Waals surface area contributed by atoms with E-state index in [9.17, 15) is 0 Å². The molecule has 0 spiro atoms. The third-order valence-corrected chi connectivity index (χ3v) is 3.31. The van der Waals surface area contributed by atoms with E-state index in [-0.39, 0.29) is 18.1 Å². The highest BCUT2D eigenvalue weighted by Gasteiger charge is 2.08. The van der Waals surface area contributed by atoms with E-state index >= 15 is 0 Å². The molecule has 0 saturated heterocycles. The monoisotopic (exact) mass is 340 g/mol. The van der Waals surface area contributed by atoms with Crippen molar-refractivity contribution in [2.45, 2.75) is 30.0 Å². The third kappa shape index (κ3) is 4.36. The first-order valence-corrected chi connectivity index (χ1v) is 7.25. The van der Waals surface area contributed by atoms with Crippen LogP contribution >= 0.6 is 27.7 Å². The largest absolute Gasteiger partial charge is 0.461 e. The Morgan fingerprint density at radius 1 is 1.26 bits per heavy atom. The van der Waals surface area contributed by atoms with Gasteiger partial charge in [-0.15, -0.1) is 0 Å². The molecule has 0 amide bonds. The van der Waals surface area contributed by atoms with Crippen molar-refractivity contribution in [3.8, 4) is 6.01 Å². The maximum absolute atomic E-state index is 5.65. The summed E-state index contributed by atoms with van der Waals surface area (Å²) >= 11 is 4.83. The molecule has 0 aliphatic heterocycles. The van der Waals surface area contributed by atoms with Crippen molar-refractivity contribution in [3.05, 3.63) is 28.7 Å². The second-order valence-corrected chi connectivity index (χ2v) is 5.94. The maximum Gasteiger partial charge on any atom is 0.322 e. The fourth-order valence-electron chi connectivity index (χ4n) is 1.30. The Morgan fingerprint density at radius 2 is 2.05 bits per heavy atom. The third-order valence-electron chi connectivity index (χ3n) is 1.96. The van der Waals surface area contributed by atoms with Crippen molar-refractivity contribution in [1.82, 2.24) is 15.0 Å². The lowest BCUT2D eigenvalue weighted by Crippen LogP contribution is -2.10. The van der Waals surface area contributed by atoms with Gasteiger partial charge in [-0.25, -0.2) is 0 Å². The molecule has 2 aromatic rings. The molecule has 0 fully saturated rings. The number of aromatic nitrogens is 3. The number of benzene rings is 1. The van der Waals surface area contributed by atoms with Gasteiger partial charge in [-0.3, -0.25) is 0 Å². The lowest BCUT2D eigenvalue weighted by Gasteiger charge is -2.08. The van der Waals surface area contributed by atoms with E-state index in [4.69, 9.17) is 10.5 Å². The normalized spacial score (nSPS) is 10.7. The molecule has 7 heteroatoms. The predicted octanol–water partition coefficient (Wildman–Crippen LogP) is 3.15. The molecule has 0 aliphatic rings. The van der Waals surface area contributed by atoms with E-state index in [1.54, 1.807) is 0 Å². The number of nitrogens with two attached hydrogens (primary N) is 1. The van der Waals surface area contributed by atoms with E-state index in [1.807, 2.05) is 38.1 Å². The van der Waals surface area contributed by atoms with Crippen molar-refractivity contribution in [3.63, 3.8) is 0 Å². The summed E-state index contributed by atoms with van der Waals surface area (Å²) in [5.74, 6) is 0.156. The van der Waals surface area contributed by atoms with Gasteiger partial charge in [-0.05, 0) is 43.8 Å². The highest BCUT2D eigenvalue weighted by Crippen LogP contribution is 2.28. The molecule has 1 aromatic carbocycles. The molecule has 0 radical (unpaired) electrons. The Balaban J connectivity index is 2.22. The highest BCUT2D eigenvalue weighted by atomic mass is 79.9. The summed E-state index contributed by atoms with van der Waals surface area (Å²) in [5.41, 5.74) is 5.65. The highest BCUT2D eigenvalue weighted by molar-refractivity contribution is 9.10. The number of nitrogen functional groups attached to an aromatic ring is 1. The molecule has 19 heavy (non-hydrogen) atoms. The Bertz CT molecular complexity index is 579. The zero-order chi connectivity index (χ0) is 13.8. The quantitative estimate of drug-likeness (QED) is 0.921. The average molecular weight is 341 g/mol. The van der Waals surface area contributed by atoms with Crippen molar-refractivity contribution >= 4 is 33.6 Å². The van der Waals surface area contributed by atoms with Crippen molar-refractivity contribution in [2.75, 3.05) is 5.73 Å². The van der Waals surface area contributed by atoms with Crippen LogP contribution in [0.3, 0.4) is 0 Å². The van der Waals surface area contributed by atoms with Crippen molar-refractivity contribution in [1.29, 1.82) is 0 Å². The van der Waals surface area contributed by atoms with Crippen LogP contribution < -0.4 is 10.5 Å². The van der Waals surface area contributed by atoms with Gasteiger partial charge in [0.1, 0.15) is 0 Å². The van der Waals surface area contributed by atoms with Gasteiger partial charge in [0.2, 0.25) is 11.1 Å². The molecule has 0 unspecified atom stereocenters. The molecule has 0 bridgehead atoms. The fourth-order valence-corrected chi connectivity index (χ4v) is 2.65. The van der Waals surface area contributed by atoms with Gasteiger partial charge in [-0.1, -0.05) is 22.0 Å². The summed E-state index contributed by atoms with van der Waals surface area (Å²) in [6.45, 7) is 3.81. The van der Waals surface area contributed by atoms with Crippen LogP contribution in [0.25, 0.3) is 0 Å². The Labute approximate surface area is 124 Å². The van der Waals surface area contributed by atoms with Crippen molar-refractivity contribution < 1.29 is 4.74 Å². The summed E-state index contributed by atoms with van der Waals surface area (Å²) in [4.78, 5) is 13.3. The zero-order valence-electron chi connectivity index (χ0n) is 10.5. The van der Waals surface area contributed by atoms with E-state index in [0.717, 1.165) is 9.37 Å². The molecule has 0 atom stereocenters. The molecular formula is C12H13BrN4OS. The van der Waals surface area contributed by atoms with Gasteiger partial charge in [0.15, 0.2) is 0 Å². The van der Waals surface area contributed by atoms with Crippen LogP contribution in [0.4, 0.5) is 5.95 Å². The van der Waals surface area contributed by atoms with Crippen LogP contribution in [-0.4, -0.2) is 21.1 Å². The van der Waals surface area contributed by atoms with Gasteiger partial charge in [0.05, 0.1) is 6.10 Å². The van der Waals surface area contributed by atoms with Crippen LogP contribution in [0.15, 0.2) is 38.8 Å². The second-order valence-electron chi connectivity index (χ2n) is 3.98. The predicted molar refractivity (Wildman–Crippen MR) is 78.3 cm³/mol. The lowest BCUT2D eigenvalue weighted by atomic mass is 10.4. The van der Waals surface area contributed by atoms with Gasteiger partial charge < -0.3 is 10.5 Å². The first kappa shape index (κ1) is 14.1. The van der Waals surface area contributed by atoms with Crippen LogP contribution in [0, 0.1) is 0 Å². The number of anilines is 1. The lowest BCUT2D eigenvalue weighted by molar-refractivity contribution is 0.219. The summed E-state index contributed by atoms with van der Waals surface area (Å²) in [5, 5.41) is 0.515. The minimum absolute atomic E-state index is 0.00878. The number of nitrogens with zero attached hydrogens (tertiary/aromatic N) is 3. The number of rotatable bonds is 4. The second kappa shape index (κ2) is 6.21. The summed E-state index contributed by atoms with van der Waals surface area (Å²) in [6.07, 6.45) is -0.00878. The minimum atomic E-state index is -0.00878. The first-order chi connectivity index (χ1) is 9.02. The van der Waals surface area contributed by atoms with Gasteiger partial charge >= 0.3 is 6.01 Å². The average Bonchev–Trinajstić information content (AvgIpc) is 2.26. The van der Waals surface area contributed by atoms with Gasteiger partial charge in [0, 0.05) is 9.37 Å². The Hall–Kier alpha value is -1.34. The van der Waals surface area contributed by atoms with Gasteiger partial charge in [0.25, 0.3) is 0 Å². The molecule has 2 rings (SSSR count). The smallest absolute Gasteiger partial charge is 0.322 e. The van der Waals surface area contributed by atoms with Crippen LogP contribution in [0.1, 0.15) is 13.8 Å². The van der Waals surface area contributed by atoms with Crippen molar-refractivity contribution in [2.24, 2.45) is 0 Å². The molecule has 1 heterocycles. The minimum Gasteiger partial charge on any atom is -0.461 e. The number of hydrogen-bond donors (Lipinski definition) is 1. The topological polar surface area (TPSA) is 73.9 Å². The van der Waals surface area contributed by atoms with E-state index in [0.29, 0.717) is 5.16 Å². The standard InChI is InChI=1S/C12H13BrN4OS/c1-7(2)18-11-15-10(14)16-12(17-11)19-9-5-3-4-8(13)6-9/h3-7H,1-2H3,(H2,14,15,16,17). The number of hydrogen-bond acceptors (Lipinski definition) is 6.